The average molecular weight is 166 g/mol. The fraction of sp³-hybridized carbons (Fsp3) is 0.333. The van der Waals surface area contributed by atoms with Crippen LogP contribution < -0.4 is 5.32 Å². The predicted octanol–water partition coefficient (Wildman–Crippen LogP) is -1.66. The minimum absolute atomic E-state index is 0.133. The van der Waals surface area contributed by atoms with Crippen LogP contribution in [0.2, 0.25) is 0 Å². The molecule has 0 atom stereocenters. The number of hydrogen-bond donors (Lipinski definition) is 1. The third-order valence-electron chi connectivity index (χ3n) is 1.54. The smallest absolute Gasteiger partial charge is 0.267 e. The number of nitrogens with zero attached hydrogens (tertiary/aromatic N) is 3. The van der Waals surface area contributed by atoms with E-state index < -0.39 is 0 Å². The standard InChI is InChI=1S/C6H6N4O2/c11-4-1-7-6(9-4)10-2-5(12)8-3-10/h3H,1-2H2,(H,7,9,11). The minimum Gasteiger partial charge on any atom is -0.295 e. The Morgan fingerprint density at radius 3 is 2.83 bits per heavy atom. The van der Waals surface area contributed by atoms with E-state index in [-0.39, 0.29) is 24.9 Å². The Hall–Kier alpha value is -1.72. The first kappa shape index (κ1) is 6.96. The molecular formula is C6H6N4O2. The lowest BCUT2D eigenvalue weighted by molar-refractivity contribution is -0.118. The van der Waals surface area contributed by atoms with Crippen molar-refractivity contribution in [3.63, 3.8) is 0 Å². The zero-order chi connectivity index (χ0) is 8.55. The van der Waals surface area contributed by atoms with E-state index in [2.05, 4.69) is 15.3 Å². The molecule has 0 spiro atoms. The quantitative estimate of drug-likeness (QED) is 0.468. The number of aliphatic imine (C=N–C) groups is 2. The number of carbonyl (C=O) groups is 2. The molecule has 0 saturated heterocycles. The molecule has 0 aliphatic carbocycles. The highest BCUT2D eigenvalue weighted by Crippen LogP contribution is 1.99. The molecule has 0 aromatic carbocycles. The lowest BCUT2D eigenvalue weighted by Gasteiger charge is -2.10. The number of hydrogen-bond acceptors (Lipinski definition) is 4. The van der Waals surface area contributed by atoms with Gasteiger partial charge < -0.3 is 0 Å². The van der Waals surface area contributed by atoms with E-state index in [1.54, 1.807) is 0 Å². The molecule has 0 aromatic heterocycles. The van der Waals surface area contributed by atoms with Crippen LogP contribution in [0.3, 0.4) is 0 Å². The minimum atomic E-state index is -0.223. The van der Waals surface area contributed by atoms with Crippen LogP contribution in [0.15, 0.2) is 9.98 Å². The second kappa shape index (κ2) is 2.40. The fourth-order valence-electron chi connectivity index (χ4n) is 1.00. The third kappa shape index (κ3) is 1.07. The van der Waals surface area contributed by atoms with Crippen molar-refractivity contribution in [2.75, 3.05) is 13.1 Å². The van der Waals surface area contributed by atoms with E-state index in [4.69, 9.17) is 0 Å². The van der Waals surface area contributed by atoms with Gasteiger partial charge in [-0.15, -0.1) is 0 Å². The van der Waals surface area contributed by atoms with Crippen molar-refractivity contribution in [1.82, 2.24) is 10.2 Å². The van der Waals surface area contributed by atoms with Crippen molar-refractivity contribution in [3.05, 3.63) is 0 Å². The number of guanidine groups is 1. The summed E-state index contributed by atoms with van der Waals surface area (Å²) in [5.74, 6) is 0.0335. The van der Waals surface area contributed by atoms with Crippen LogP contribution in [0.4, 0.5) is 0 Å². The van der Waals surface area contributed by atoms with Crippen LogP contribution in [0, 0.1) is 0 Å². The summed E-state index contributed by atoms with van der Waals surface area (Å²) in [6.45, 7) is 0.299. The molecule has 6 nitrogen and oxygen atoms in total. The van der Waals surface area contributed by atoms with E-state index in [9.17, 15) is 9.59 Å². The molecule has 62 valence electrons. The van der Waals surface area contributed by atoms with Crippen molar-refractivity contribution in [1.29, 1.82) is 0 Å². The van der Waals surface area contributed by atoms with Crippen molar-refractivity contribution in [3.8, 4) is 0 Å². The number of nitrogens with one attached hydrogen (secondary N) is 1. The summed E-state index contributed by atoms with van der Waals surface area (Å²) in [7, 11) is 0. The zero-order valence-electron chi connectivity index (χ0n) is 6.15. The summed E-state index contributed by atoms with van der Waals surface area (Å²) in [4.78, 5) is 30.3. The summed E-state index contributed by atoms with van der Waals surface area (Å²) in [5.41, 5.74) is 0. The Bertz CT molecular complexity index is 307. The Labute approximate surface area is 68.0 Å². The maximum absolute atomic E-state index is 10.7. The third-order valence-corrected chi connectivity index (χ3v) is 1.54. The maximum Gasteiger partial charge on any atom is 0.267 e. The van der Waals surface area contributed by atoms with Gasteiger partial charge in [0.1, 0.15) is 19.4 Å². The van der Waals surface area contributed by atoms with Crippen molar-refractivity contribution < 1.29 is 9.59 Å². The topological polar surface area (TPSA) is 74.1 Å². The van der Waals surface area contributed by atoms with E-state index >= 15 is 0 Å². The molecular weight excluding hydrogens is 160 g/mol. The first-order valence-corrected chi connectivity index (χ1v) is 3.44. The summed E-state index contributed by atoms with van der Waals surface area (Å²) >= 11 is 0. The predicted molar refractivity (Wildman–Crippen MR) is 40.6 cm³/mol. The van der Waals surface area contributed by atoms with Gasteiger partial charge in [-0.1, -0.05) is 0 Å². The number of rotatable bonds is 0. The van der Waals surface area contributed by atoms with Gasteiger partial charge in [0.05, 0.1) is 0 Å². The lowest BCUT2D eigenvalue weighted by Crippen LogP contribution is -2.39. The van der Waals surface area contributed by atoms with Gasteiger partial charge in [0.2, 0.25) is 11.9 Å². The number of amides is 2. The molecule has 0 fully saturated rings. The molecule has 1 N–H and O–H groups in total. The summed E-state index contributed by atoms with van der Waals surface area (Å²) in [5, 5.41) is 2.51. The maximum atomic E-state index is 10.7. The fourth-order valence-corrected chi connectivity index (χ4v) is 1.00. The molecule has 0 bridgehead atoms. The van der Waals surface area contributed by atoms with Gasteiger partial charge in [-0.25, -0.2) is 9.98 Å². The zero-order valence-corrected chi connectivity index (χ0v) is 6.15. The summed E-state index contributed by atoms with van der Waals surface area (Å²) < 4.78 is 0. The van der Waals surface area contributed by atoms with Gasteiger partial charge in [-0.2, -0.15) is 0 Å². The van der Waals surface area contributed by atoms with Crippen LogP contribution in [0.1, 0.15) is 0 Å². The molecule has 0 unspecified atom stereocenters. The molecule has 2 amide bonds. The van der Waals surface area contributed by atoms with E-state index in [0.717, 1.165) is 0 Å². The van der Waals surface area contributed by atoms with E-state index in [0.29, 0.717) is 5.96 Å². The molecule has 0 saturated carbocycles. The Morgan fingerprint density at radius 2 is 2.33 bits per heavy atom. The molecule has 2 aliphatic heterocycles. The average Bonchev–Trinajstić information content (AvgIpc) is 2.58. The molecule has 0 radical (unpaired) electrons. The number of carbonyl (C=O) groups excluding carboxylic acids is 2. The second-order valence-electron chi connectivity index (χ2n) is 2.45. The molecule has 2 aliphatic rings. The summed E-state index contributed by atoms with van der Waals surface area (Å²) in [6, 6.07) is 0. The largest absolute Gasteiger partial charge is 0.295 e. The van der Waals surface area contributed by atoms with Crippen molar-refractivity contribution in [2.24, 2.45) is 9.98 Å². The molecule has 0 aromatic rings. The molecule has 12 heavy (non-hydrogen) atoms. The van der Waals surface area contributed by atoms with Gasteiger partial charge in [0.25, 0.3) is 5.91 Å². The monoisotopic (exact) mass is 166 g/mol. The lowest BCUT2D eigenvalue weighted by atomic mass is 10.6. The Balaban J connectivity index is 2.08. The first-order valence-electron chi connectivity index (χ1n) is 3.44. The summed E-state index contributed by atoms with van der Waals surface area (Å²) in [6.07, 6.45) is 1.37. The Kier molecular flexibility index (Phi) is 1.39. The van der Waals surface area contributed by atoms with Crippen LogP contribution in [-0.2, 0) is 9.59 Å². The van der Waals surface area contributed by atoms with Crippen molar-refractivity contribution >= 4 is 24.1 Å². The van der Waals surface area contributed by atoms with E-state index in [1.165, 1.54) is 11.2 Å². The van der Waals surface area contributed by atoms with Gasteiger partial charge in [-0.05, 0) is 0 Å². The van der Waals surface area contributed by atoms with Crippen molar-refractivity contribution in [2.45, 2.75) is 0 Å². The van der Waals surface area contributed by atoms with Gasteiger partial charge in [0.15, 0.2) is 0 Å². The molecule has 2 heterocycles. The van der Waals surface area contributed by atoms with Crippen LogP contribution >= 0.6 is 0 Å². The van der Waals surface area contributed by atoms with Gasteiger partial charge in [0, 0.05) is 0 Å². The van der Waals surface area contributed by atoms with Gasteiger partial charge in [-0.3, -0.25) is 19.8 Å². The van der Waals surface area contributed by atoms with Crippen LogP contribution in [0.25, 0.3) is 0 Å². The second-order valence-corrected chi connectivity index (χ2v) is 2.45. The Morgan fingerprint density at radius 1 is 1.50 bits per heavy atom. The molecule has 2 rings (SSSR count). The first-order chi connectivity index (χ1) is 5.75. The van der Waals surface area contributed by atoms with E-state index in [1.807, 2.05) is 0 Å². The highest BCUT2D eigenvalue weighted by atomic mass is 16.2. The highest BCUT2D eigenvalue weighted by molar-refractivity contribution is 6.10. The van der Waals surface area contributed by atoms with Crippen LogP contribution in [-0.4, -0.2) is 42.1 Å². The van der Waals surface area contributed by atoms with Crippen LogP contribution in [0.5, 0.6) is 0 Å². The SMILES string of the molecule is O=C1CN(C2=NCC(=O)N2)C=N1. The van der Waals surface area contributed by atoms with Gasteiger partial charge >= 0.3 is 0 Å². The normalized spacial score (nSPS) is 21.7. The highest BCUT2D eigenvalue weighted by Gasteiger charge is 2.23. The molecule has 6 heteroatoms.